The first-order valence-electron chi connectivity index (χ1n) is 8.05. The van der Waals surface area contributed by atoms with Crippen molar-refractivity contribution in [3.8, 4) is 28.6 Å². The van der Waals surface area contributed by atoms with Crippen LogP contribution in [0.15, 0.2) is 41.6 Å². The molecule has 0 amide bonds. The maximum Gasteiger partial charge on any atom is 0.209 e. The van der Waals surface area contributed by atoms with Crippen molar-refractivity contribution in [2.75, 3.05) is 21.3 Å². The molecule has 0 bridgehead atoms. The summed E-state index contributed by atoms with van der Waals surface area (Å²) in [7, 11) is 4.93. The van der Waals surface area contributed by atoms with Crippen molar-refractivity contribution >= 4 is 11.8 Å². The maximum atomic E-state index is 5.38. The van der Waals surface area contributed by atoms with Gasteiger partial charge < -0.3 is 14.2 Å². The molecule has 3 rings (SSSR count). The fourth-order valence-electron chi connectivity index (χ4n) is 2.51. The third-order valence-corrected chi connectivity index (χ3v) is 4.92. The zero-order chi connectivity index (χ0) is 18.5. The van der Waals surface area contributed by atoms with Crippen molar-refractivity contribution < 1.29 is 14.2 Å². The standard InChI is InChI=1S/C19H21N3O3S/c1-12-9-16(24-3)17(25-4)10-14(12)11-26-19-20-18(21-22-19)13-5-7-15(23-2)8-6-13/h5-10H,11H2,1-4H3,(H,20,21,22). The van der Waals surface area contributed by atoms with E-state index < -0.39 is 0 Å². The molecule has 1 aromatic heterocycles. The van der Waals surface area contributed by atoms with E-state index in [2.05, 4.69) is 22.1 Å². The first-order chi connectivity index (χ1) is 12.6. The number of ether oxygens (including phenoxy) is 3. The molecular formula is C19H21N3O3S. The quantitative estimate of drug-likeness (QED) is 0.631. The van der Waals surface area contributed by atoms with Gasteiger partial charge in [-0.15, -0.1) is 5.10 Å². The topological polar surface area (TPSA) is 69.3 Å². The van der Waals surface area contributed by atoms with Gasteiger partial charge in [0.1, 0.15) is 5.75 Å². The third-order valence-electron chi connectivity index (χ3n) is 4.03. The fourth-order valence-corrected chi connectivity index (χ4v) is 3.37. The molecule has 1 N–H and O–H groups in total. The second kappa shape index (κ2) is 8.14. The SMILES string of the molecule is COc1ccc(-c2nc(SCc3cc(OC)c(OC)cc3C)n[nH]2)cc1. The van der Waals surface area contributed by atoms with Crippen molar-refractivity contribution in [1.82, 2.24) is 15.2 Å². The molecule has 0 spiro atoms. The van der Waals surface area contributed by atoms with Crippen molar-refractivity contribution in [3.05, 3.63) is 47.5 Å². The second-order valence-corrected chi connectivity index (χ2v) is 6.56. The molecule has 0 saturated carbocycles. The summed E-state index contributed by atoms with van der Waals surface area (Å²) in [6.45, 7) is 2.05. The largest absolute Gasteiger partial charge is 0.497 e. The molecule has 0 aliphatic rings. The van der Waals surface area contributed by atoms with E-state index in [0.29, 0.717) is 5.16 Å². The molecule has 0 aliphatic carbocycles. The van der Waals surface area contributed by atoms with Gasteiger partial charge in [-0.1, -0.05) is 11.8 Å². The van der Waals surface area contributed by atoms with E-state index in [-0.39, 0.29) is 0 Å². The molecule has 26 heavy (non-hydrogen) atoms. The van der Waals surface area contributed by atoms with Crippen LogP contribution in [0, 0.1) is 6.92 Å². The van der Waals surface area contributed by atoms with Gasteiger partial charge in [0.05, 0.1) is 21.3 Å². The first kappa shape index (κ1) is 18.1. The van der Waals surface area contributed by atoms with Crippen molar-refractivity contribution in [1.29, 1.82) is 0 Å². The summed E-state index contributed by atoms with van der Waals surface area (Å²) in [6, 6.07) is 11.7. The van der Waals surface area contributed by atoms with E-state index in [4.69, 9.17) is 14.2 Å². The van der Waals surface area contributed by atoms with Gasteiger partial charge >= 0.3 is 0 Å². The lowest BCUT2D eigenvalue weighted by Crippen LogP contribution is -1.95. The third kappa shape index (κ3) is 3.94. The van der Waals surface area contributed by atoms with Crippen LogP contribution in [0.25, 0.3) is 11.4 Å². The summed E-state index contributed by atoms with van der Waals surface area (Å²) in [5, 5.41) is 7.98. The number of methoxy groups -OCH3 is 3. The molecule has 7 heteroatoms. The van der Waals surface area contributed by atoms with E-state index in [1.807, 2.05) is 36.4 Å². The number of H-pyrrole nitrogens is 1. The lowest BCUT2D eigenvalue weighted by molar-refractivity contribution is 0.354. The van der Waals surface area contributed by atoms with Gasteiger partial charge in [-0.25, -0.2) is 4.98 Å². The number of thioether (sulfide) groups is 1. The normalized spacial score (nSPS) is 10.6. The van der Waals surface area contributed by atoms with Gasteiger partial charge in [0.15, 0.2) is 17.3 Å². The molecule has 1 heterocycles. The molecular weight excluding hydrogens is 350 g/mol. The first-order valence-corrected chi connectivity index (χ1v) is 9.04. The highest BCUT2D eigenvalue weighted by Gasteiger charge is 2.11. The lowest BCUT2D eigenvalue weighted by Gasteiger charge is -2.12. The smallest absolute Gasteiger partial charge is 0.209 e. The van der Waals surface area contributed by atoms with Gasteiger partial charge in [-0.05, 0) is 54.4 Å². The molecule has 0 saturated heterocycles. The van der Waals surface area contributed by atoms with E-state index in [9.17, 15) is 0 Å². The van der Waals surface area contributed by atoms with E-state index >= 15 is 0 Å². The number of hydrogen-bond donors (Lipinski definition) is 1. The summed E-state index contributed by atoms with van der Waals surface area (Å²) >= 11 is 1.57. The number of aromatic amines is 1. The Hall–Kier alpha value is -2.67. The Bertz CT molecular complexity index is 878. The molecule has 0 unspecified atom stereocenters. The monoisotopic (exact) mass is 371 g/mol. The molecule has 136 valence electrons. The van der Waals surface area contributed by atoms with Gasteiger partial charge in [0, 0.05) is 11.3 Å². The highest BCUT2D eigenvalue weighted by atomic mass is 32.2. The van der Waals surface area contributed by atoms with Crippen molar-refractivity contribution in [2.24, 2.45) is 0 Å². The summed E-state index contributed by atoms with van der Waals surface area (Å²) in [5.74, 6) is 3.75. The van der Waals surface area contributed by atoms with Crippen LogP contribution in [-0.2, 0) is 5.75 Å². The van der Waals surface area contributed by atoms with E-state index in [1.165, 1.54) is 0 Å². The van der Waals surface area contributed by atoms with Gasteiger partial charge in [-0.3, -0.25) is 5.10 Å². The van der Waals surface area contributed by atoms with Crippen LogP contribution in [0.2, 0.25) is 0 Å². The number of hydrogen-bond acceptors (Lipinski definition) is 6. The Morgan fingerprint density at radius 1 is 0.962 bits per heavy atom. The Morgan fingerprint density at radius 3 is 2.31 bits per heavy atom. The minimum atomic E-state index is 0.699. The molecule has 6 nitrogen and oxygen atoms in total. The fraction of sp³-hybridized carbons (Fsp3) is 0.263. The van der Waals surface area contributed by atoms with Crippen molar-refractivity contribution in [3.63, 3.8) is 0 Å². The van der Waals surface area contributed by atoms with Gasteiger partial charge in [0.25, 0.3) is 0 Å². The Labute approximate surface area is 156 Å². The average Bonchev–Trinajstić information content (AvgIpc) is 3.15. The van der Waals surface area contributed by atoms with Gasteiger partial charge in [-0.2, -0.15) is 0 Å². The van der Waals surface area contributed by atoms with E-state index in [0.717, 1.165) is 45.5 Å². The number of aryl methyl sites for hydroxylation is 1. The van der Waals surface area contributed by atoms with Gasteiger partial charge in [0.2, 0.25) is 5.16 Å². The molecule has 2 aromatic carbocycles. The minimum Gasteiger partial charge on any atom is -0.497 e. The molecule has 0 fully saturated rings. The average molecular weight is 371 g/mol. The number of benzene rings is 2. The van der Waals surface area contributed by atoms with Crippen LogP contribution in [0.5, 0.6) is 17.2 Å². The molecule has 0 aliphatic heterocycles. The molecule has 0 atom stereocenters. The summed E-state index contributed by atoms with van der Waals surface area (Å²) in [5.41, 5.74) is 3.26. The zero-order valence-corrected chi connectivity index (χ0v) is 16.0. The van der Waals surface area contributed by atoms with Crippen LogP contribution < -0.4 is 14.2 Å². The summed E-state index contributed by atoms with van der Waals surface area (Å²) in [4.78, 5) is 4.56. The number of nitrogens with one attached hydrogen (secondary N) is 1. The number of aromatic nitrogens is 3. The highest BCUT2D eigenvalue weighted by Crippen LogP contribution is 2.33. The van der Waals surface area contributed by atoms with Crippen molar-refractivity contribution in [2.45, 2.75) is 17.8 Å². The Morgan fingerprint density at radius 2 is 1.65 bits per heavy atom. The van der Waals surface area contributed by atoms with E-state index in [1.54, 1.807) is 33.1 Å². The zero-order valence-electron chi connectivity index (χ0n) is 15.2. The highest BCUT2D eigenvalue weighted by molar-refractivity contribution is 7.98. The second-order valence-electron chi connectivity index (χ2n) is 5.62. The van der Waals surface area contributed by atoms with Crippen LogP contribution in [0.4, 0.5) is 0 Å². The van der Waals surface area contributed by atoms with Crippen LogP contribution in [0.1, 0.15) is 11.1 Å². The maximum absolute atomic E-state index is 5.38. The predicted octanol–water partition coefficient (Wildman–Crippen LogP) is 4.10. The number of nitrogens with zero attached hydrogens (tertiary/aromatic N) is 2. The lowest BCUT2D eigenvalue weighted by atomic mass is 10.1. The summed E-state index contributed by atoms with van der Waals surface area (Å²) in [6.07, 6.45) is 0. The Balaban J connectivity index is 1.72. The Kier molecular flexibility index (Phi) is 5.68. The predicted molar refractivity (Wildman–Crippen MR) is 102 cm³/mol. The summed E-state index contributed by atoms with van der Waals surface area (Å²) < 4.78 is 15.9. The van der Waals surface area contributed by atoms with Crippen LogP contribution in [-0.4, -0.2) is 36.5 Å². The molecule has 0 radical (unpaired) electrons. The minimum absolute atomic E-state index is 0.699. The molecule has 3 aromatic rings. The van der Waals surface area contributed by atoms with Crippen LogP contribution >= 0.6 is 11.8 Å². The van der Waals surface area contributed by atoms with Crippen LogP contribution in [0.3, 0.4) is 0 Å². The number of rotatable bonds is 7.